The first kappa shape index (κ1) is 17.7. The highest BCUT2D eigenvalue weighted by atomic mass is 16.7. The number of benzene rings is 1. The van der Waals surface area contributed by atoms with Gasteiger partial charge in [-0.05, 0) is 82.7 Å². The summed E-state index contributed by atoms with van der Waals surface area (Å²) >= 11 is 0. The minimum atomic E-state index is -0.297. The number of rotatable bonds is 2. The molecule has 130 valence electrons. The third kappa shape index (κ3) is 3.07. The summed E-state index contributed by atoms with van der Waals surface area (Å²) in [7, 11) is 1.89. The van der Waals surface area contributed by atoms with E-state index in [0.29, 0.717) is 0 Å². The van der Waals surface area contributed by atoms with E-state index in [-0.39, 0.29) is 18.3 Å². The lowest BCUT2D eigenvalue weighted by molar-refractivity contribution is 0.00578. The van der Waals surface area contributed by atoms with Gasteiger partial charge >= 0.3 is 7.12 Å². The minimum absolute atomic E-state index is 0.284. The summed E-state index contributed by atoms with van der Waals surface area (Å²) in [6.45, 7) is 15.0. The number of aryl methyl sites for hydroxylation is 2. The van der Waals surface area contributed by atoms with Crippen molar-refractivity contribution in [3.05, 3.63) is 34.9 Å². The summed E-state index contributed by atoms with van der Waals surface area (Å²) in [5, 5.41) is 0. The Bertz CT molecular complexity index is 639. The molecule has 1 fully saturated rings. The van der Waals surface area contributed by atoms with E-state index in [9.17, 15) is 0 Å². The number of nitrogens with zero attached hydrogens (tertiary/aromatic N) is 1. The van der Waals surface area contributed by atoms with Crippen LogP contribution in [0, 0.1) is 13.8 Å². The van der Waals surface area contributed by atoms with Crippen molar-refractivity contribution in [3.63, 3.8) is 0 Å². The van der Waals surface area contributed by atoms with E-state index in [4.69, 9.17) is 9.31 Å². The fourth-order valence-electron chi connectivity index (χ4n) is 3.62. The van der Waals surface area contributed by atoms with Crippen molar-refractivity contribution in [2.75, 3.05) is 20.1 Å². The second kappa shape index (κ2) is 6.01. The van der Waals surface area contributed by atoms with Crippen LogP contribution in [0.3, 0.4) is 0 Å². The molecule has 1 saturated heterocycles. The van der Waals surface area contributed by atoms with Crippen molar-refractivity contribution < 1.29 is 9.31 Å². The summed E-state index contributed by atoms with van der Waals surface area (Å²) in [6, 6.07) is 4.48. The summed E-state index contributed by atoms with van der Waals surface area (Å²) in [6.07, 6.45) is 3.49. The molecule has 2 aliphatic rings. The molecule has 0 saturated carbocycles. The molecule has 2 heterocycles. The van der Waals surface area contributed by atoms with E-state index in [1.807, 2.05) is 0 Å². The fraction of sp³-hybridized carbons (Fsp3) is 0.600. The molecule has 2 aliphatic heterocycles. The molecule has 24 heavy (non-hydrogen) atoms. The van der Waals surface area contributed by atoms with E-state index < -0.39 is 0 Å². The van der Waals surface area contributed by atoms with Crippen LogP contribution in [0.25, 0.3) is 5.57 Å². The summed E-state index contributed by atoms with van der Waals surface area (Å²) in [5.74, 6) is 0. The Kier molecular flexibility index (Phi) is 4.44. The van der Waals surface area contributed by atoms with Crippen molar-refractivity contribution in [2.45, 2.75) is 59.2 Å². The van der Waals surface area contributed by atoms with Gasteiger partial charge in [-0.15, -0.1) is 0 Å². The van der Waals surface area contributed by atoms with Gasteiger partial charge in [0.1, 0.15) is 0 Å². The Balaban J connectivity index is 1.91. The number of hydrogen-bond donors (Lipinski definition) is 0. The van der Waals surface area contributed by atoms with E-state index in [0.717, 1.165) is 25.0 Å². The normalized spacial score (nSPS) is 23.5. The lowest BCUT2D eigenvalue weighted by Gasteiger charge is -2.32. The molecule has 1 aromatic rings. The fourth-order valence-corrected chi connectivity index (χ4v) is 3.62. The zero-order valence-electron chi connectivity index (χ0n) is 16.2. The highest BCUT2D eigenvalue weighted by Crippen LogP contribution is 2.37. The molecule has 0 unspecified atom stereocenters. The van der Waals surface area contributed by atoms with Crippen molar-refractivity contribution in [1.82, 2.24) is 4.90 Å². The van der Waals surface area contributed by atoms with Crippen LogP contribution in [0.15, 0.2) is 18.2 Å². The zero-order chi connectivity index (χ0) is 17.7. The van der Waals surface area contributed by atoms with Gasteiger partial charge in [-0.1, -0.05) is 18.2 Å². The van der Waals surface area contributed by atoms with Crippen LogP contribution in [0.4, 0.5) is 0 Å². The molecule has 0 radical (unpaired) electrons. The largest absolute Gasteiger partial charge is 0.494 e. The van der Waals surface area contributed by atoms with Gasteiger partial charge in [-0.3, -0.25) is 0 Å². The molecule has 1 aromatic carbocycles. The second-order valence-electron chi connectivity index (χ2n) is 8.36. The van der Waals surface area contributed by atoms with E-state index in [1.54, 1.807) is 0 Å². The Hall–Kier alpha value is -1.10. The Morgan fingerprint density at radius 3 is 2.00 bits per heavy atom. The molecule has 0 aliphatic carbocycles. The topological polar surface area (TPSA) is 21.7 Å². The first-order chi connectivity index (χ1) is 11.1. The average Bonchev–Trinajstić information content (AvgIpc) is 2.69. The van der Waals surface area contributed by atoms with E-state index in [1.165, 1.54) is 22.3 Å². The van der Waals surface area contributed by atoms with Gasteiger partial charge in [0.25, 0.3) is 0 Å². The van der Waals surface area contributed by atoms with Gasteiger partial charge in [0, 0.05) is 13.1 Å². The monoisotopic (exact) mass is 327 g/mol. The van der Waals surface area contributed by atoms with Gasteiger partial charge in [0.05, 0.1) is 11.2 Å². The van der Waals surface area contributed by atoms with Crippen molar-refractivity contribution >= 4 is 18.2 Å². The Morgan fingerprint density at radius 1 is 1.00 bits per heavy atom. The third-order valence-corrected chi connectivity index (χ3v) is 5.81. The highest BCUT2D eigenvalue weighted by Gasteiger charge is 2.51. The molecule has 3 rings (SSSR count). The first-order valence-corrected chi connectivity index (χ1v) is 8.95. The molecule has 3 nitrogen and oxygen atoms in total. The quantitative estimate of drug-likeness (QED) is 0.778. The van der Waals surface area contributed by atoms with Gasteiger partial charge < -0.3 is 14.2 Å². The molecular formula is C20H30BNO2. The molecule has 0 N–H and O–H groups in total. The molecule has 0 aromatic heterocycles. The maximum atomic E-state index is 6.22. The van der Waals surface area contributed by atoms with Crippen LogP contribution in [-0.2, 0) is 9.31 Å². The van der Waals surface area contributed by atoms with Gasteiger partial charge in [0.15, 0.2) is 0 Å². The average molecular weight is 327 g/mol. The van der Waals surface area contributed by atoms with Crippen LogP contribution in [0.1, 0.15) is 50.8 Å². The lowest BCUT2D eigenvalue weighted by Crippen LogP contribution is -2.41. The van der Waals surface area contributed by atoms with Crippen LogP contribution in [0.5, 0.6) is 0 Å². The van der Waals surface area contributed by atoms with Crippen LogP contribution >= 0.6 is 0 Å². The first-order valence-electron chi connectivity index (χ1n) is 8.95. The molecule has 4 heteroatoms. The highest BCUT2D eigenvalue weighted by molar-refractivity contribution is 6.62. The molecule has 0 spiro atoms. The predicted molar refractivity (Wildman–Crippen MR) is 102 cm³/mol. The van der Waals surface area contributed by atoms with Crippen molar-refractivity contribution in [1.29, 1.82) is 0 Å². The Morgan fingerprint density at radius 2 is 1.54 bits per heavy atom. The molecular weight excluding hydrogens is 297 g/mol. The maximum absolute atomic E-state index is 6.22. The summed E-state index contributed by atoms with van der Waals surface area (Å²) < 4.78 is 12.4. The van der Waals surface area contributed by atoms with Crippen LogP contribution in [0.2, 0.25) is 0 Å². The van der Waals surface area contributed by atoms with E-state index >= 15 is 0 Å². The SMILES string of the molecule is Cc1cc(B2OC(C)(C)C(C)(C)O2)cc(C)c1C1=CCN(C)CC1. The van der Waals surface area contributed by atoms with Crippen molar-refractivity contribution in [2.24, 2.45) is 0 Å². The van der Waals surface area contributed by atoms with Gasteiger partial charge in [-0.2, -0.15) is 0 Å². The number of likely N-dealkylation sites (N-methyl/N-ethyl adjacent to an activating group) is 1. The van der Waals surface area contributed by atoms with Gasteiger partial charge in [-0.25, -0.2) is 0 Å². The lowest BCUT2D eigenvalue weighted by atomic mass is 9.75. The molecule has 0 atom stereocenters. The van der Waals surface area contributed by atoms with Gasteiger partial charge in [0.2, 0.25) is 0 Å². The summed E-state index contributed by atoms with van der Waals surface area (Å²) in [5.41, 5.74) is 6.04. The smallest absolute Gasteiger partial charge is 0.399 e. The molecule has 0 amide bonds. The van der Waals surface area contributed by atoms with E-state index in [2.05, 4.69) is 71.7 Å². The predicted octanol–water partition coefficient (Wildman–Crippen LogP) is 3.32. The summed E-state index contributed by atoms with van der Waals surface area (Å²) in [4.78, 5) is 2.35. The van der Waals surface area contributed by atoms with Crippen LogP contribution < -0.4 is 5.46 Å². The Labute approximate surface area is 147 Å². The second-order valence-corrected chi connectivity index (χ2v) is 8.36. The molecule has 0 bridgehead atoms. The number of hydrogen-bond acceptors (Lipinski definition) is 3. The standard InChI is InChI=1S/C20H30BNO2/c1-14-12-17(21-23-19(3,4)20(5,6)24-21)13-15(2)18(14)16-8-10-22(7)11-9-16/h8,12-13H,9-11H2,1-7H3. The zero-order valence-corrected chi connectivity index (χ0v) is 16.2. The third-order valence-electron chi connectivity index (χ3n) is 5.81. The van der Waals surface area contributed by atoms with Crippen molar-refractivity contribution in [3.8, 4) is 0 Å². The maximum Gasteiger partial charge on any atom is 0.494 e. The minimum Gasteiger partial charge on any atom is -0.399 e. The van der Waals surface area contributed by atoms with Crippen LogP contribution in [-0.4, -0.2) is 43.4 Å².